The molecule has 0 unspecified atom stereocenters. The van der Waals surface area contributed by atoms with Crippen LogP contribution >= 0.6 is 0 Å². The van der Waals surface area contributed by atoms with Gasteiger partial charge >= 0.3 is 12.1 Å². The van der Waals surface area contributed by atoms with Crippen molar-refractivity contribution in [1.29, 1.82) is 0 Å². The van der Waals surface area contributed by atoms with Gasteiger partial charge in [-0.15, -0.1) is 0 Å². The van der Waals surface area contributed by atoms with Crippen LogP contribution in [0.2, 0.25) is 0 Å². The van der Waals surface area contributed by atoms with Crippen molar-refractivity contribution in [2.45, 2.75) is 84.5 Å². The number of imidazole rings is 1. The maximum absolute atomic E-state index is 12.8. The second-order valence-corrected chi connectivity index (χ2v) is 10.8. The van der Waals surface area contributed by atoms with Crippen molar-refractivity contribution >= 4 is 29.1 Å². The summed E-state index contributed by atoms with van der Waals surface area (Å²) in [7, 11) is 0. The van der Waals surface area contributed by atoms with Crippen LogP contribution in [0.4, 0.5) is 15.4 Å². The molecule has 192 valence electrons. The largest absolute Gasteiger partial charge is 0.444 e. The molecule has 0 aromatic carbocycles. The molecular weight excluding hydrogens is 448 g/mol. The lowest BCUT2D eigenvalue weighted by Gasteiger charge is -2.33. The van der Waals surface area contributed by atoms with E-state index in [1.54, 1.807) is 4.90 Å². The van der Waals surface area contributed by atoms with Crippen LogP contribution in [0.15, 0.2) is 6.33 Å². The van der Waals surface area contributed by atoms with E-state index in [-0.39, 0.29) is 30.2 Å². The monoisotopic (exact) mass is 486 g/mol. The van der Waals surface area contributed by atoms with Crippen LogP contribution in [0, 0.1) is 6.92 Å². The number of carbonyl (C=O) groups excluding carboxylic acids is 2. The number of fused-ring (bicyclic) bond motifs is 1. The third kappa shape index (κ3) is 5.94. The number of anilines is 1. The lowest BCUT2D eigenvalue weighted by Crippen LogP contribution is -2.50. The van der Waals surface area contributed by atoms with Crippen molar-refractivity contribution in [3.63, 3.8) is 0 Å². The topological polar surface area (TPSA) is 118 Å². The molecule has 2 aliphatic rings. The highest BCUT2D eigenvalue weighted by molar-refractivity contribution is 5.83. The number of hydrogen-bond acceptors (Lipinski definition) is 7. The van der Waals surface area contributed by atoms with Gasteiger partial charge in [-0.1, -0.05) is 0 Å². The number of amides is 3. The molecule has 0 spiro atoms. The minimum absolute atomic E-state index is 0.0563. The molecule has 0 aliphatic carbocycles. The number of aryl methyl sites for hydroxylation is 1. The van der Waals surface area contributed by atoms with E-state index in [0.717, 1.165) is 36.2 Å². The second-order valence-electron chi connectivity index (χ2n) is 10.8. The normalized spacial score (nSPS) is 19.5. The fourth-order valence-corrected chi connectivity index (χ4v) is 4.56. The van der Waals surface area contributed by atoms with Gasteiger partial charge < -0.3 is 29.7 Å². The second kappa shape index (κ2) is 9.87. The Kier molecular flexibility index (Phi) is 7.05. The zero-order valence-electron chi connectivity index (χ0n) is 21.7. The number of hydrogen-bond donors (Lipinski definition) is 2. The molecule has 2 saturated heterocycles. The summed E-state index contributed by atoms with van der Waals surface area (Å²) < 4.78 is 7.49. The molecule has 0 bridgehead atoms. The lowest BCUT2D eigenvalue weighted by atomic mass is 10.1. The van der Waals surface area contributed by atoms with Gasteiger partial charge in [-0.2, -0.15) is 0 Å². The Labute approximate surface area is 206 Å². The Balaban J connectivity index is 1.28. The molecule has 4 rings (SSSR count). The van der Waals surface area contributed by atoms with E-state index in [1.807, 2.05) is 38.9 Å². The minimum Gasteiger partial charge on any atom is -0.444 e. The maximum atomic E-state index is 12.8. The van der Waals surface area contributed by atoms with Crippen LogP contribution in [0.3, 0.4) is 0 Å². The molecule has 3 amide bonds. The van der Waals surface area contributed by atoms with E-state index in [1.165, 1.54) is 0 Å². The number of piperidine rings is 1. The summed E-state index contributed by atoms with van der Waals surface area (Å²) in [6.07, 6.45) is 3.85. The Hall–Kier alpha value is -3.11. The fraction of sp³-hybridized carbons (Fsp3) is 0.708. The third-order valence-electron chi connectivity index (χ3n) is 6.38. The predicted octanol–water partition coefficient (Wildman–Crippen LogP) is 3.31. The van der Waals surface area contributed by atoms with Crippen molar-refractivity contribution in [3.8, 4) is 0 Å². The Morgan fingerprint density at radius 1 is 1.06 bits per heavy atom. The van der Waals surface area contributed by atoms with Crippen LogP contribution in [0.25, 0.3) is 11.2 Å². The number of aromatic nitrogens is 4. The first kappa shape index (κ1) is 25.0. The molecule has 2 fully saturated rings. The summed E-state index contributed by atoms with van der Waals surface area (Å²) >= 11 is 0. The van der Waals surface area contributed by atoms with E-state index in [2.05, 4.69) is 44.0 Å². The quantitative estimate of drug-likeness (QED) is 0.681. The molecule has 2 aliphatic heterocycles. The number of likely N-dealkylation sites (tertiary alicyclic amines) is 2. The van der Waals surface area contributed by atoms with Crippen LogP contribution < -0.4 is 10.6 Å². The standard InChI is InChI=1S/C24H38N8O3/c1-15(2)32-14-25-19-20(26-16(3)27-21(19)32)28-17-7-10-30(11-8-17)22(33)29-18-9-12-31(13-18)23(34)35-24(4,5)6/h14-15,17-18H,7-13H2,1-6H3,(H,29,33)(H,26,27,28)/t18-/m0/s1. The van der Waals surface area contributed by atoms with Gasteiger partial charge in [0.1, 0.15) is 16.9 Å². The molecule has 4 heterocycles. The molecule has 1 atom stereocenters. The van der Waals surface area contributed by atoms with Crippen molar-refractivity contribution in [2.24, 2.45) is 0 Å². The van der Waals surface area contributed by atoms with Crippen LogP contribution in [-0.4, -0.2) is 85.3 Å². The van der Waals surface area contributed by atoms with Gasteiger partial charge in [0, 0.05) is 44.3 Å². The van der Waals surface area contributed by atoms with E-state index in [4.69, 9.17) is 4.74 Å². The first-order valence-electron chi connectivity index (χ1n) is 12.5. The zero-order chi connectivity index (χ0) is 25.3. The Morgan fingerprint density at radius 3 is 2.37 bits per heavy atom. The van der Waals surface area contributed by atoms with Gasteiger partial charge in [0.15, 0.2) is 11.5 Å². The van der Waals surface area contributed by atoms with E-state index in [0.29, 0.717) is 32.0 Å². The van der Waals surface area contributed by atoms with Crippen molar-refractivity contribution in [3.05, 3.63) is 12.2 Å². The Bertz CT molecular complexity index is 1070. The fourth-order valence-electron chi connectivity index (χ4n) is 4.56. The van der Waals surface area contributed by atoms with Crippen molar-refractivity contribution < 1.29 is 14.3 Å². The Morgan fingerprint density at radius 2 is 1.71 bits per heavy atom. The van der Waals surface area contributed by atoms with Gasteiger partial charge in [-0.05, 0) is 60.8 Å². The number of carbonyl (C=O) groups is 2. The third-order valence-corrected chi connectivity index (χ3v) is 6.38. The summed E-state index contributed by atoms with van der Waals surface area (Å²) in [4.78, 5) is 42.4. The van der Waals surface area contributed by atoms with E-state index < -0.39 is 5.60 Å². The first-order chi connectivity index (χ1) is 16.5. The van der Waals surface area contributed by atoms with Gasteiger partial charge in [0.25, 0.3) is 0 Å². The number of rotatable bonds is 4. The average molecular weight is 487 g/mol. The summed E-state index contributed by atoms with van der Waals surface area (Å²) in [5.41, 5.74) is 1.09. The molecular formula is C24H38N8O3. The molecule has 2 aromatic heterocycles. The lowest BCUT2D eigenvalue weighted by molar-refractivity contribution is 0.0290. The summed E-state index contributed by atoms with van der Waals surface area (Å²) in [5, 5.41) is 6.63. The molecule has 35 heavy (non-hydrogen) atoms. The molecule has 11 heteroatoms. The maximum Gasteiger partial charge on any atom is 0.410 e. The SMILES string of the molecule is Cc1nc(NC2CCN(C(=O)N[C@H]3CCN(C(=O)OC(C)(C)C)C3)CC2)c2ncn(C(C)C)c2n1. The average Bonchev–Trinajstić information content (AvgIpc) is 3.40. The van der Waals surface area contributed by atoms with Crippen LogP contribution in [-0.2, 0) is 4.74 Å². The molecule has 0 saturated carbocycles. The molecule has 11 nitrogen and oxygen atoms in total. The number of urea groups is 1. The van der Waals surface area contributed by atoms with Gasteiger partial charge in [0.2, 0.25) is 0 Å². The highest BCUT2D eigenvalue weighted by atomic mass is 16.6. The van der Waals surface area contributed by atoms with Gasteiger partial charge in [-0.3, -0.25) is 0 Å². The van der Waals surface area contributed by atoms with Gasteiger partial charge in [0.05, 0.1) is 6.33 Å². The highest BCUT2D eigenvalue weighted by Crippen LogP contribution is 2.24. The zero-order valence-corrected chi connectivity index (χ0v) is 21.7. The van der Waals surface area contributed by atoms with Crippen molar-refractivity contribution in [1.82, 2.24) is 34.6 Å². The van der Waals surface area contributed by atoms with Gasteiger partial charge in [-0.25, -0.2) is 24.5 Å². The number of nitrogens with zero attached hydrogens (tertiary/aromatic N) is 6. The van der Waals surface area contributed by atoms with E-state index >= 15 is 0 Å². The highest BCUT2D eigenvalue weighted by Gasteiger charge is 2.32. The van der Waals surface area contributed by atoms with Crippen molar-refractivity contribution in [2.75, 3.05) is 31.5 Å². The molecule has 0 radical (unpaired) electrons. The smallest absolute Gasteiger partial charge is 0.410 e. The van der Waals surface area contributed by atoms with E-state index in [9.17, 15) is 9.59 Å². The summed E-state index contributed by atoms with van der Waals surface area (Å²) in [6, 6.07) is 0.338. The number of ether oxygens (including phenoxy) is 1. The number of nitrogens with one attached hydrogen (secondary N) is 2. The van der Waals surface area contributed by atoms with Crippen LogP contribution in [0.1, 0.15) is 65.7 Å². The molecule has 2 aromatic rings. The predicted molar refractivity (Wildman–Crippen MR) is 133 cm³/mol. The minimum atomic E-state index is -0.526. The summed E-state index contributed by atoms with van der Waals surface area (Å²) in [6.45, 7) is 14.0. The first-order valence-corrected chi connectivity index (χ1v) is 12.5. The van der Waals surface area contributed by atoms with Crippen LogP contribution in [0.5, 0.6) is 0 Å². The summed E-state index contributed by atoms with van der Waals surface area (Å²) in [5.74, 6) is 1.46. The molecule has 2 N–H and O–H groups in total.